The highest BCUT2D eigenvalue weighted by Crippen LogP contribution is 1.96. The maximum atomic E-state index is 10.8. The van der Waals surface area contributed by atoms with E-state index in [0.717, 1.165) is 5.56 Å². The third-order valence-electron chi connectivity index (χ3n) is 1.84. The molecule has 1 aromatic rings. The van der Waals surface area contributed by atoms with Crippen LogP contribution in [0.25, 0.3) is 0 Å². The molecule has 0 aliphatic heterocycles. The van der Waals surface area contributed by atoms with Gasteiger partial charge >= 0.3 is 5.97 Å². The second-order valence-electron chi connectivity index (χ2n) is 3.01. The highest BCUT2D eigenvalue weighted by Gasteiger charge is 2.01. The quantitative estimate of drug-likeness (QED) is 0.601. The third-order valence-corrected chi connectivity index (χ3v) is 1.84. The van der Waals surface area contributed by atoms with Crippen molar-refractivity contribution < 1.29 is 14.6 Å². The number of aliphatic hydroxyl groups excluding tert-OH is 1. The van der Waals surface area contributed by atoms with E-state index in [9.17, 15) is 4.79 Å². The molecule has 0 saturated carbocycles. The number of hydrogen-bond donors (Lipinski definition) is 2. The summed E-state index contributed by atoms with van der Waals surface area (Å²) in [6, 6.07) is 0. The van der Waals surface area contributed by atoms with E-state index in [4.69, 9.17) is 5.11 Å². The summed E-state index contributed by atoms with van der Waals surface area (Å²) in [5.74, 6) is -0.294. The molecular weight excluding hydrogens is 198 g/mol. The van der Waals surface area contributed by atoms with Gasteiger partial charge in [-0.1, -0.05) is 0 Å². The Bertz CT molecular complexity index is 311. The molecule has 0 spiro atoms. The Morgan fingerprint density at radius 1 is 1.73 bits per heavy atom. The summed E-state index contributed by atoms with van der Waals surface area (Å²) in [4.78, 5) is 10.8. The van der Waals surface area contributed by atoms with E-state index in [2.05, 4.69) is 15.2 Å². The standard InChI is InChI=1S/C9H15N3O3/c1-15-9(14)6-10-4-8-5-11-12(7-8)2-3-13/h5,7,10,13H,2-4,6H2,1H3. The van der Waals surface area contributed by atoms with E-state index in [1.165, 1.54) is 7.11 Å². The first kappa shape index (κ1) is 11.7. The molecule has 0 atom stereocenters. The fraction of sp³-hybridized carbons (Fsp3) is 0.556. The van der Waals surface area contributed by atoms with Crippen LogP contribution in [0.4, 0.5) is 0 Å². The average Bonchev–Trinajstić information content (AvgIpc) is 2.66. The Morgan fingerprint density at radius 3 is 3.20 bits per heavy atom. The van der Waals surface area contributed by atoms with Gasteiger partial charge in [0.2, 0.25) is 0 Å². The molecule has 0 unspecified atom stereocenters. The minimum Gasteiger partial charge on any atom is -0.468 e. The van der Waals surface area contributed by atoms with Crippen molar-refractivity contribution in [3.05, 3.63) is 18.0 Å². The molecule has 0 radical (unpaired) electrons. The van der Waals surface area contributed by atoms with Crippen molar-refractivity contribution in [2.24, 2.45) is 0 Å². The average molecular weight is 213 g/mol. The number of carbonyl (C=O) groups excluding carboxylic acids is 1. The van der Waals surface area contributed by atoms with Gasteiger partial charge in [0.25, 0.3) is 0 Å². The van der Waals surface area contributed by atoms with Crippen LogP contribution in [0.15, 0.2) is 12.4 Å². The Kier molecular flexibility index (Phi) is 4.79. The number of nitrogens with one attached hydrogen (secondary N) is 1. The van der Waals surface area contributed by atoms with Crippen molar-refractivity contribution in [2.45, 2.75) is 13.1 Å². The van der Waals surface area contributed by atoms with E-state index in [0.29, 0.717) is 13.1 Å². The zero-order valence-electron chi connectivity index (χ0n) is 8.64. The molecule has 84 valence electrons. The number of esters is 1. The van der Waals surface area contributed by atoms with Crippen molar-refractivity contribution in [3.63, 3.8) is 0 Å². The maximum Gasteiger partial charge on any atom is 0.319 e. The zero-order valence-corrected chi connectivity index (χ0v) is 8.64. The van der Waals surface area contributed by atoms with Crippen molar-refractivity contribution in [1.29, 1.82) is 0 Å². The molecule has 0 saturated heterocycles. The van der Waals surface area contributed by atoms with Gasteiger partial charge in [-0.2, -0.15) is 5.10 Å². The second-order valence-corrected chi connectivity index (χ2v) is 3.01. The fourth-order valence-corrected chi connectivity index (χ4v) is 1.10. The van der Waals surface area contributed by atoms with Gasteiger partial charge in [0.05, 0.1) is 33.0 Å². The molecule has 1 heterocycles. The van der Waals surface area contributed by atoms with Crippen molar-refractivity contribution in [2.75, 3.05) is 20.3 Å². The van der Waals surface area contributed by atoms with Crippen LogP contribution in [0, 0.1) is 0 Å². The number of carbonyl (C=O) groups is 1. The number of hydrogen-bond acceptors (Lipinski definition) is 5. The van der Waals surface area contributed by atoms with Crippen LogP contribution in [0.1, 0.15) is 5.56 Å². The van der Waals surface area contributed by atoms with Crippen LogP contribution in [-0.2, 0) is 22.6 Å². The lowest BCUT2D eigenvalue weighted by atomic mass is 10.3. The van der Waals surface area contributed by atoms with Crippen LogP contribution in [0.5, 0.6) is 0 Å². The first-order chi connectivity index (χ1) is 7.26. The first-order valence-electron chi connectivity index (χ1n) is 4.66. The van der Waals surface area contributed by atoms with Gasteiger partial charge in [0.1, 0.15) is 0 Å². The minimum absolute atomic E-state index is 0.0662. The SMILES string of the molecule is COC(=O)CNCc1cnn(CCO)c1. The minimum atomic E-state index is -0.294. The molecule has 6 nitrogen and oxygen atoms in total. The molecule has 0 aromatic carbocycles. The smallest absolute Gasteiger partial charge is 0.319 e. The first-order valence-corrected chi connectivity index (χ1v) is 4.66. The predicted octanol–water partition coefficient (Wildman–Crippen LogP) is -0.862. The lowest BCUT2D eigenvalue weighted by Crippen LogP contribution is -2.23. The monoisotopic (exact) mass is 213 g/mol. The van der Waals surface area contributed by atoms with Crippen LogP contribution >= 0.6 is 0 Å². The van der Waals surface area contributed by atoms with E-state index in [1.54, 1.807) is 10.9 Å². The summed E-state index contributed by atoms with van der Waals surface area (Å²) < 4.78 is 6.12. The Labute approximate surface area is 87.8 Å². The third kappa shape index (κ3) is 4.09. The highest BCUT2D eigenvalue weighted by molar-refractivity contribution is 5.71. The van der Waals surface area contributed by atoms with Gasteiger partial charge in [-0.3, -0.25) is 9.48 Å². The molecule has 2 N–H and O–H groups in total. The molecule has 0 aliphatic carbocycles. The zero-order chi connectivity index (χ0) is 11.1. The van der Waals surface area contributed by atoms with Gasteiger partial charge in [-0.05, 0) is 0 Å². The van der Waals surface area contributed by atoms with Gasteiger partial charge < -0.3 is 15.2 Å². The summed E-state index contributed by atoms with van der Waals surface area (Å²) in [5, 5.41) is 15.6. The van der Waals surface area contributed by atoms with Crippen LogP contribution < -0.4 is 5.32 Å². The summed E-state index contributed by atoms with van der Waals surface area (Å²) >= 11 is 0. The fourth-order valence-electron chi connectivity index (χ4n) is 1.10. The number of ether oxygens (including phenoxy) is 1. The number of methoxy groups -OCH3 is 1. The van der Waals surface area contributed by atoms with Crippen LogP contribution in [0.3, 0.4) is 0 Å². The van der Waals surface area contributed by atoms with Gasteiger partial charge in [0, 0.05) is 18.3 Å². The van der Waals surface area contributed by atoms with E-state index in [1.807, 2.05) is 6.20 Å². The van der Waals surface area contributed by atoms with E-state index in [-0.39, 0.29) is 19.1 Å². The molecule has 0 aliphatic rings. The van der Waals surface area contributed by atoms with Gasteiger partial charge in [-0.25, -0.2) is 0 Å². The number of aromatic nitrogens is 2. The summed E-state index contributed by atoms with van der Waals surface area (Å²) in [7, 11) is 1.35. The van der Waals surface area contributed by atoms with Gasteiger partial charge in [0.15, 0.2) is 0 Å². The normalized spacial score (nSPS) is 10.3. The maximum absolute atomic E-state index is 10.8. The molecule has 0 fully saturated rings. The Hall–Kier alpha value is -1.40. The second kappa shape index (κ2) is 6.15. The molecule has 0 bridgehead atoms. The topological polar surface area (TPSA) is 76.4 Å². The van der Waals surface area contributed by atoms with Crippen LogP contribution in [-0.4, -0.2) is 41.1 Å². The summed E-state index contributed by atoms with van der Waals surface area (Å²) in [6.07, 6.45) is 3.51. The molecule has 0 amide bonds. The van der Waals surface area contributed by atoms with Crippen molar-refractivity contribution in [1.82, 2.24) is 15.1 Å². The molecule has 1 rings (SSSR count). The molecule has 15 heavy (non-hydrogen) atoms. The molecular formula is C9H15N3O3. The summed E-state index contributed by atoms with van der Waals surface area (Å²) in [6.45, 7) is 1.29. The Morgan fingerprint density at radius 2 is 2.53 bits per heavy atom. The van der Waals surface area contributed by atoms with Crippen LogP contribution in [0.2, 0.25) is 0 Å². The van der Waals surface area contributed by atoms with Crippen molar-refractivity contribution in [3.8, 4) is 0 Å². The van der Waals surface area contributed by atoms with E-state index >= 15 is 0 Å². The lowest BCUT2D eigenvalue weighted by Gasteiger charge is -2.00. The number of aliphatic hydroxyl groups is 1. The largest absolute Gasteiger partial charge is 0.468 e. The predicted molar refractivity (Wildman–Crippen MR) is 53.0 cm³/mol. The van der Waals surface area contributed by atoms with Gasteiger partial charge in [-0.15, -0.1) is 0 Å². The highest BCUT2D eigenvalue weighted by atomic mass is 16.5. The number of rotatable bonds is 6. The molecule has 6 heteroatoms. The number of nitrogens with zero attached hydrogens (tertiary/aromatic N) is 2. The molecule has 1 aromatic heterocycles. The Balaban J connectivity index is 2.28. The van der Waals surface area contributed by atoms with E-state index < -0.39 is 0 Å². The van der Waals surface area contributed by atoms with Crippen molar-refractivity contribution >= 4 is 5.97 Å². The lowest BCUT2D eigenvalue weighted by molar-refractivity contribution is -0.139. The summed E-state index contributed by atoms with van der Waals surface area (Å²) in [5.41, 5.74) is 0.965.